The second kappa shape index (κ2) is 6.14. The van der Waals surface area contributed by atoms with E-state index in [1.807, 2.05) is 37.4 Å². The van der Waals surface area contributed by atoms with E-state index in [0.29, 0.717) is 5.69 Å². The molecule has 0 fully saturated rings. The molecule has 0 spiro atoms. The summed E-state index contributed by atoms with van der Waals surface area (Å²) < 4.78 is 13.2. The van der Waals surface area contributed by atoms with Gasteiger partial charge in [0.2, 0.25) is 0 Å². The molecular formula is C19H14FN3OS. The largest absolute Gasteiger partial charge is 0.361 e. The smallest absolute Gasteiger partial charge is 0.275 e. The molecule has 0 saturated carbocycles. The Morgan fingerprint density at radius 3 is 2.76 bits per heavy atom. The van der Waals surface area contributed by atoms with Gasteiger partial charge in [0.15, 0.2) is 0 Å². The first-order chi connectivity index (χ1) is 12.1. The van der Waals surface area contributed by atoms with Gasteiger partial charge in [0.25, 0.3) is 5.91 Å². The van der Waals surface area contributed by atoms with Crippen LogP contribution in [0.2, 0.25) is 0 Å². The Morgan fingerprint density at radius 1 is 1.16 bits per heavy atom. The fraction of sp³-hybridized carbons (Fsp3) is 0.0526. The van der Waals surface area contributed by atoms with Crippen LogP contribution in [0.1, 0.15) is 15.5 Å². The van der Waals surface area contributed by atoms with E-state index >= 15 is 0 Å². The monoisotopic (exact) mass is 351 g/mol. The van der Waals surface area contributed by atoms with E-state index in [4.69, 9.17) is 0 Å². The summed E-state index contributed by atoms with van der Waals surface area (Å²) in [6.07, 6.45) is 1.83. The minimum Gasteiger partial charge on any atom is -0.361 e. The second-order valence-corrected chi connectivity index (χ2v) is 6.82. The molecule has 4 rings (SSSR count). The highest BCUT2D eigenvalue weighted by Crippen LogP contribution is 2.31. The second-order valence-electron chi connectivity index (χ2n) is 5.62. The van der Waals surface area contributed by atoms with Crippen molar-refractivity contribution in [3.05, 3.63) is 71.2 Å². The number of fused-ring (bicyclic) bond motifs is 1. The predicted octanol–water partition coefficient (Wildman–Crippen LogP) is 4.99. The summed E-state index contributed by atoms with van der Waals surface area (Å²) in [6.45, 7) is 1.85. The van der Waals surface area contributed by atoms with Crippen LogP contribution < -0.4 is 5.32 Å². The van der Waals surface area contributed by atoms with E-state index in [-0.39, 0.29) is 11.7 Å². The first kappa shape index (κ1) is 15.5. The minimum atomic E-state index is -0.310. The van der Waals surface area contributed by atoms with Gasteiger partial charge >= 0.3 is 0 Å². The fourth-order valence-corrected chi connectivity index (χ4v) is 3.68. The van der Waals surface area contributed by atoms with Gasteiger partial charge in [-0.2, -0.15) is 0 Å². The summed E-state index contributed by atoms with van der Waals surface area (Å²) in [5, 5.41) is 4.65. The molecule has 0 radical (unpaired) electrons. The number of anilines is 1. The van der Waals surface area contributed by atoms with Crippen LogP contribution in [0, 0.1) is 12.7 Å². The lowest BCUT2D eigenvalue weighted by Gasteiger charge is -2.07. The third-order valence-electron chi connectivity index (χ3n) is 3.90. The number of amides is 1. The summed E-state index contributed by atoms with van der Waals surface area (Å²) in [5.74, 6) is -0.590. The van der Waals surface area contributed by atoms with Crippen molar-refractivity contribution in [3.8, 4) is 10.4 Å². The molecule has 25 heavy (non-hydrogen) atoms. The van der Waals surface area contributed by atoms with E-state index < -0.39 is 0 Å². The first-order valence-electron chi connectivity index (χ1n) is 7.72. The number of H-pyrrole nitrogens is 1. The van der Waals surface area contributed by atoms with Crippen molar-refractivity contribution < 1.29 is 9.18 Å². The zero-order chi connectivity index (χ0) is 17.4. The molecule has 2 heterocycles. The molecule has 2 aromatic heterocycles. The molecule has 4 aromatic rings. The van der Waals surface area contributed by atoms with Crippen molar-refractivity contribution in [2.24, 2.45) is 0 Å². The molecule has 4 nitrogen and oxygen atoms in total. The van der Waals surface area contributed by atoms with Crippen molar-refractivity contribution in [1.29, 1.82) is 0 Å². The number of carbonyl (C=O) groups excluding carboxylic acids is 1. The van der Waals surface area contributed by atoms with Crippen LogP contribution in [0.25, 0.3) is 21.3 Å². The van der Waals surface area contributed by atoms with E-state index in [1.54, 1.807) is 12.1 Å². The number of rotatable bonds is 3. The number of hydrogen-bond acceptors (Lipinski definition) is 3. The number of aromatic amines is 1. The van der Waals surface area contributed by atoms with Crippen molar-refractivity contribution >= 4 is 33.8 Å². The van der Waals surface area contributed by atoms with E-state index in [0.717, 1.165) is 32.0 Å². The quantitative estimate of drug-likeness (QED) is 0.546. The van der Waals surface area contributed by atoms with Crippen molar-refractivity contribution in [3.63, 3.8) is 0 Å². The van der Waals surface area contributed by atoms with Gasteiger partial charge in [-0.15, -0.1) is 11.3 Å². The van der Waals surface area contributed by atoms with Gasteiger partial charge in [0.1, 0.15) is 11.5 Å². The number of hydrogen-bond donors (Lipinski definition) is 2. The third kappa shape index (κ3) is 2.92. The van der Waals surface area contributed by atoms with E-state index in [9.17, 15) is 9.18 Å². The number of carbonyl (C=O) groups is 1. The lowest BCUT2D eigenvalue weighted by atomic mass is 10.1. The highest BCUT2D eigenvalue weighted by Gasteiger charge is 2.19. The highest BCUT2D eigenvalue weighted by atomic mass is 32.1. The molecule has 0 aliphatic rings. The van der Waals surface area contributed by atoms with Crippen LogP contribution in [-0.2, 0) is 0 Å². The summed E-state index contributed by atoms with van der Waals surface area (Å²) >= 11 is 1.42. The zero-order valence-corrected chi connectivity index (χ0v) is 14.2. The maximum atomic E-state index is 13.2. The van der Waals surface area contributed by atoms with Gasteiger partial charge in [-0.1, -0.05) is 18.2 Å². The molecule has 0 aliphatic heterocycles. The van der Waals surface area contributed by atoms with Gasteiger partial charge in [-0.05, 0) is 42.8 Å². The summed E-state index contributed by atoms with van der Waals surface area (Å²) in [4.78, 5) is 21.0. The number of nitrogens with zero attached hydrogens (tertiary/aromatic N) is 1. The topological polar surface area (TPSA) is 57.8 Å². The molecule has 0 unspecified atom stereocenters. The minimum absolute atomic E-state index is 0.280. The maximum Gasteiger partial charge on any atom is 0.275 e. The lowest BCUT2D eigenvalue weighted by molar-refractivity contribution is 0.102. The van der Waals surface area contributed by atoms with Crippen LogP contribution in [-0.4, -0.2) is 15.9 Å². The number of benzene rings is 2. The predicted molar refractivity (Wildman–Crippen MR) is 98.5 cm³/mol. The normalized spacial score (nSPS) is 11.0. The number of aromatic nitrogens is 2. The molecule has 0 atom stereocenters. The fourth-order valence-electron chi connectivity index (χ4n) is 2.75. The van der Waals surface area contributed by atoms with Crippen LogP contribution in [0.4, 0.5) is 10.1 Å². The Hall–Kier alpha value is -2.99. The number of aryl methyl sites for hydroxylation is 1. The summed E-state index contributed by atoms with van der Waals surface area (Å²) in [7, 11) is 0. The van der Waals surface area contributed by atoms with Crippen molar-refractivity contribution in [2.45, 2.75) is 6.92 Å². The molecule has 0 aliphatic carbocycles. The lowest BCUT2D eigenvalue weighted by Crippen LogP contribution is -2.13. The molecule has 2 aromatic carbocycles. The Morgan fingerprint density at radius 2 is 1.96 bits per heavy atom. The Labute approximate surface area is 147 Å². The molecule has 1 amide bonds. The third-order valence-corrected chi connectivity index (χ3v) is 4.92. The van der Waals surface area contributed by atoms with E-state index in [2.05, 4.69) is 15.3 Å². The van der Waals surface area contributed by atoms with Crippen molar-refractivity contribution in [1.82, 2.24) is 9.97 Å². The molecule has 6 heteroatoms. The molecule has 0 bridgehead atoms. The zero-order valence-electron chi connectivity index (χ0n) is 13.3. The van der Waals surface area contributed by atoms with Gasteiger partial charge in [0.05, 0.1) is 15.6 Å². The Bertz CT molecular complexity index is 1070. The van der Waals surface area contributed by atoms with Gasteiger partial charge in [-0.25, -0.2) is 9.37 Å². The molecule has 2 N–H and O–H groups in total. The highest BCUT2D eigenvalue weighted by molar-refractivity contribution is 7.15. The standard InChI is InChI=1S/C19H14FN3OS/c1-11-22-17(18(25-11)12-5-7-13(20)8-6-12)19(24)23-16-4-2-3-15-14(16)9-10-21-15/h2-10,21H,1H3,(H,23,24). The SMILES string of the molecule is Cc1nc(C(=O)Nc2cccc3[nH]ccc23)c(-c2ccc(F)cc2)s1. The number of halogens is 1. The summed E-state index contributed by atoms with van der Waals surface area (Å²) in [6, 6.07) is 13.7. The number of thiazole rings is 1. The molecule has 0 saturated heterocycles. The Kier molecular flexibility index (Phi) is 3.82. The first-order valence-corrected chi connectivity index (χ1v) is 8.54. The molecule has 124 valence electrons. The van der Waals surface area contributed by atoms with Crippen LogP contribution in [0.5, 0.6) is 0 Å². The Balaban J connectivity index is 1.71. The number of nitrogens with one attached hydrogen (secondary N) is 2. The summed E-state index contributed by atoms with van der Waals surface area (Å²) in [5.41, 5.74) is 2.80. The van der Waals surface area contributed by atoms with E-state index in [1.165, 1.54) is 23.5 Å². The van der Waals surface area contributed by atoms with Gasteiger partial charge in [-0.3, -0.25) is 4.79 Å². The maximum absolute atomic E-state index is 13.2. The van der Waals surface area contributed by atoms with Crippen LogP contribution >= 0.6 is 11.3 Å². The van der Waals surface area contributed by atoms with Crippen molar-refractivity contribution in [2.75, 3.05) is 5.32 Å². The van der Waals surface area contributed by atoms with Gasteiger partial charge in [0, 0.05) is 17.1 Å². The van der Waals surface area contributed by atoms with Crippen LogP contribution in [0.3, 0.4) is 0 Å². The van der Waals surface area contributed by atoms with Gasteiger partial charge < -0.3 is 10.3 Å². The molecular weight excluding hydrogens is 337 g/mol. The average Bonchev–Trinajstić information content (AvgIpc) is 3.22. The van der Waals surface area contributed by atoms with Crippen LogP contribution in [0.15, 0.2) is 54.7 Å². The average molecular weight is 351 g/mol.